The number of amides is 1. The van der Waals surface area contributed by atoms with Crippen LogP contribution in [0.1, 0.15) is 35.8 Å². The monoisotopic (exact) mass is 321 g/mol. The number of nitrogens with one attached hydrogen (secondary N) is 1. The average molecular weight is 321 g/mol. The van der Waals surface area contributed by atoms with Crippen LogP contribution in [-0.4, -0.2) is 25.5 Å². The number of hydrogen-bond acceptors (Lipinski definition) is 4. The van der Waals surface area contributed by atoms with Gasteiger partial charge in [0.15, 0.2) is 5.82 Å². The summed E-state index contributed by atoms with van der Waals surface area (Å²) < 4.78 is 1.58. The maximum Gasteiger partial charge on any atom is 0.252 e. The van der Waals surface area contributed by atoms with Gasteiger partial charge in [0, 0.05) is 12.4 Å². The van der Waals surface area contributed by atoms with Crippen LogP contribution in [0.25, 0.3) is 5.78 Å². The van der Waals surface area contributed by atoms with E-state index < -0.39 is 0 Å². The normalized spacial score (nSPS) is 15.4. The maximum atomic E-state index is 12.5. The molecule has 24 heavy (non-hydrogen) atoms. The average Bonchev–Trinajstić information content (AvgIpc) is 3.33. The Hall–Kier alpha value is -2.76. The van der Waals surface area contributed by atoms with E-state index in [1.165, 1.54) is 11.1 Å². The van der Waals surface area contributed by atoms with Gasteiger partial charge in [0.2, 0.25) is 5.91 Å². The molecule has 2 aromatic heterocycles. The maximum absolute atomic E-state index is 12.5. The Kier molecular flexibility index (Phi) is 3.72. The summed E-state index contributed by atoms with van der Waals surface area (Å²) in [4.78, 5) is 20.9. The van der Waals surface area contributed by atoms with E-state index in [1.54, 1.807) is 23.0 Å². The second-order valence-electron chi connectivity index (χ2n) is 6.36. The van der Waals surface area contributed by atoms with Gasteiger partial charge in [0.05, 0.1) is 12.5 Å². The van der Waals surface area contributed by atoms with Crippen molar-refractivity contribution in [2.45, 2.75) is 32.2 Å². The zero-order valence-corrected chi connectivity index (χ0v) is 13.5. The lowest BCUT2D eigenvalue weighted by Gasteiger charge is -2.18. The molecule has 6 heteroatoms. The minimum absolute atomic E-state index is 0.0524. The second kappa shape index (κ2) is 6.03. The Balaban J connectivity index is 1.48. The van der Waals surface area contributed by atoms with E-state index in [9.17, 15) is 4.79 Å². The molecule has 1 aliphatic carbocycles. The smallest absolute Gasteiger partial charge is 0.252 e. The summed E-state index contributed by atoms with van der Waals surface area (Å²) in [5.41, 5.74) is 2.39. The predicted molar refractivity (Wildman–Crippen MR) is 89.3 cm³/mol. The van der Waals surface area contributed by atoms with Crippen LogP contribution in [0.2, 0.25) is 0 Å². The molecule has 0 saturated heterocycles. The summed E-state index contributed by atoms with van der Waals surface area (Å²) in [5, 5.41) is 7.45. The molecule has 1 saturated carbocycles. The molecule has 0 radical (unpaired) electrons. The van der Waals surface area contributed by atoms with Crippen LogP contribution in [0.15, 0.2) is 42.7 Å². The van der Waals surface area contributed by atoms with Crippen LogP contribution >= 0.6 is 0 Å². The van der Waals surface area contributed by atoms with Crippen molar-refractivity contribution < 1.29 is 4.79 Å². The lowest BCUT2D eigenvalue weighted by molar-refractivity contribution is -0.121. The highest BCUT2D eigenvalue weighted by molar-refractivity contribution is 5.78. The number of carbonyl (C=O) groups excluding carboxylic acids is 1. The third kappa shape index (κ3) is 3.13. The highest BCUT2D eigenvalue weighted by Gasteiger charge is 2.33. The third-order valence-corrected chi connectivity index (χ3v) is 4.33. The number of fused-ring (bicyclic) bond motifs is 1. The molecule has 2 heterocycles. The first-order valence-electron chi connectivity index (χ1n) is 8.21. The largest absolute Gasteiger partial charge is 0.349 e. The van der Waals surface area contributed by atoms with Gasteiger partial charge in [-0.1, -0.05) is 29.8 Å². The van der Waals surface area contributed by atoms with Crippen molar-refractivity contribution >= 4 is 11.7 Å². The van der Waals surface area contributed by atoms with E-state index in [2.05, 4.69) is 51.6 Å². The van der Waals surface area contributed by atoms with Crippen LogP contribution in [0.3, 0.4) is 0 Å². The molecule has 6 nitrogen and oxygen atoms in total. The van der Waals surface area contributed by atoms with Crippen molar-refractivity contribution in [2.24, 2.45) is 5.92 Å². The fraction of sp³-hybridized carbons (Fsp3) is 0.333. The number of aryl methyl sites for hydroxylation is 1. The minimum Gasteiger partial charge on any atom is -0.349 e. The van der Waals surface area contributed by atoms with Gasteiger partial charge in [-0.2, -0.15) is 4.98 Å². The summed E-state index contributed by atoms with van der Waals surface area (Å²) in [7, 11) is 0. The first-order valence-corrected chi connectivity index (χ1v) is 8.21. The molecule has 1 aromatic carbocycles. The van der Waals surface area contributed by atoms with Gasteiger partial charge in [0.25, 0.3) is 5.78 Å². The summed E-state index contributed by atoms with van der Waals surface area (Å²) in [6.07, 6.45) is 5.92. The fourth-order valence-corrected chi connectivity index (χ4v) is 2.90. The highest BCUT2D eigenvalue weighted by Crippen LogP contribution is 2.41. The topological polar surface area (TPSA) is 72.2 Å². The zero-order valence-electron chi connectivity index (χ0n) is 13.5. The molecule has 122 valence electrons. The standard InChI is InChI=1S/C18H19N5O/c1-12-3-5-13(6-4-12)17(14-7-8-14)21-16(24)11-15-20-18-19-9-2-10-23(18)22-15/h2-6,9-10,14,17H,7-8,11H2,1H3,(H,21,24). The summed E-state index contributed by atoms with van der Waals surface area (Å²) in [6.45, 7) is 2.07. The van der Waals surface area contributed by atoms with Crippen LogP contribution in [-0.2, 0) is 11.2 Å². The molecular weight excluding hydrogens is 302 g/mol. The van der Waals surface area contributed by atoms with E-state index in [0.29, 0.717) is 17.5 Å². The quantitative estimate of drug-likeness (QED) is 0.782. The van der Waals surface area contributed by atoms with Crippen molar-refractivity contribution in [3.05, 3.63) is 59.7 Å². The predicted octanol–water partition coefficient (Wildman–Crippen LogP) is 2.24. The summed E-state index contributed by atoms with van der Waals surface area (Å²) in [5.74, 6) is 1.48. The summed E-state index contributed by atoms with van der Waals surface area (Å²) >= 11 is 0. The van der Waals surface area contributed by atoms with Gasteiger partial charge in [-0.05, 0) is 37.3 Å². The number of hydrogen-bond donors (Lipinski definition) is 1. The number of carbonyl (C=O) groups is 1. The van der Waals surface area contributed by atoms with Gasteiger partial charge in [-0.15, -0.1) is 5.10 Å². The molecule has 0 spiro atoms. The molecular formula is C18H19N5O. The Morgan fingerprint density at radius 3 is 2.83 bits per heavy atom. The molecule has 0 bridgehead atoms. The zero-order chi connectivity index (χ0) is 16.5. The Morgan fingerprint density at radius 2 is 2.12 bits per heavy atom. The van der Waals surface area contributed by atoms with E-state index in [4.69, 9.17) is 0 Å². The molecule has 4 rings (SSSR count). The van der Waals surface area contributed by atoms with Gasteiger partial charge in [0.1, 0.15) is 0 Å². The number of benzene rings is 1. The molecule has 1 amide bonds. The van der Waals surface area contributed by atoms with Crippen molar-refractivity contribution in [2.75, 3.05) is 0 Å². The molecule has 3 aromatic rings. The first kappa shape index (κ1) is 14.8. The van der Waals surface area contributed by atoms with Crippen LogP contribution in [0, 0.1) is 12.8 Å². The van der Waals surface area contributed by atoms with Crippen molar-refractivity contribution in [1.82, 2.24) is 24.9 Å². The van der Waals surface area contributed by atoms with Crippen molar-refractivity contribution in [3.8, 4) is 0 Å². The third-order valence-electron chi connectivity index (χ3n) is 4.33. The number of rotatable bonds is 5. The molecule has 1 N–H and O–H groups in total. The Bertz CT molecular complexity index is 834. The lowest BCUT2D eigenvalue weighted by atomic mass is 10.0. The minimum atomic E-state index is -0.0524. The first-order chi connectivity index (χ1) is 11.7. The summed E-state index contributed by atoms with van der Waals surface area (Å²) in [6, 6.07) is 10.2. The van der Waals surface area contributed by atoms with Gasteiger partial charge >= 0.3 is 0 Å². The van der Waals surface area contributed by atoms with E-state index >= 15 is 0 Å². The molecule has 0 aliphatic heterocycles. The Morgan fingerprint density at radius 1 is 1.33 bits per heavy atom. The molecule has 1 unspecified atom stereocenters. The second-order valence-corrected chi connectivity index (χ2v) is 6.36. The van der Waals surface area contributed by atoms with E-state index in [0.717, 1.165) is 12.8 Å². The van der Waals surface area contributed by atoms with Crippen LogP contribution in [0.4, 0.5) is 0 Å². The molecule has 1 fully saturated rings. The van der Waals surface area contributed by atoms with Gasteiger partial charge in [-0.3, -0.25) is 4.79 Å². The van der Waals surface area contributed by atoms with Crippen molar-refractivity contribution in [3.63, 3.8) is 0 Å². The lowest BCUT2D eigenvalue weighted by Crippen LogP contribution is -2.31. The molecule has 1 aliphatic rings. The number of nitrogens with zero attached hydrogens (tertiary/aromatic N) is 4. The highest BCUT2D eigenvalue weighted by atomic mass is 16.1. The van der Waals surface area contributed by atoms with Crippen LogP contribution in [0.5, 0.6) is 0 Å². The number of aromatic nitrogens is 4. The van der Waals surface area contributed by atoms with Gasteiger partial charge in [-0.25, -0.2) is 9.50 Å². The SMILES string of the molecule is Cc1ccc(C(NC(=O)Cc2nc3ncccn3n2)C2CC2)cc1. The van der Waals surface area contributed by atoms with E-state index in [1.807, 2.05) is 0 Å². The fourth-order valence-electron chi connectivity index (χ4n) is 2.90. The molecule has 1 atom stereocenters. The van der Waals surface area contributed by atoms with Crippen LogP contribution < -0.4 is 5.32 Å². The van der Waals surface area contributed by atoms with Gasteiger partial charge < -0.3 is 5.32 Å². The van der Waals surface area contributed by atoms with E-state index in [-0.39, 0.29) is 18.4 Å². The van der Waals surface area contributed by atoms with Crippen molar-refractivity contribution in [1.29, 1.82) is 0 Å². The Labute approximate surface area is 139 Å².